The van der Waals surface area contributed by atoms with Crippen LogP contribution in [0.5, 0.6) is 0 Å². The Morgan fingerprint density at radius 3 is 2.73 bits per heavy atom. The summed E-state index contributed by atoms with van der Waals surface area (Å²) in [6, 6.07) is 11.4. The van der Waals surface area contributed by atoms with Crippen molar-refractivity contribution in [2.24, 2.45) is 0 Å². The standard InChI is InChI=1S/C11H9NO2S/c1-8(13)15-11-7-10(14-12-11)9-5-3-2-4-6-9/h2-7H,1H3. The van der Waals surface area contributed by atoms with E-state index in [1.807, 2.05) is 30.3 Å². The molecule has 0 fully saturated rings. The molecule has 2 rings (SSSR count). The van der Waals surface area contributed by atoms with Crippen LogP contribution in [-0.4, -0.2) is 10.3 Å². The number of hydrogen-bond acceptors (Lipinski definition) is 4. The maximum Gasteiger partial charge on any atom is 0.192 e. The van der Waals surface area contributed by atoms with E-state index in [0.29, 0.717) is 10.8 Å². The SMILES string of the molecule is CC(=O)Sc1cc(-c2ccccc2)on1. The third-order valence-corrected chi connectivity index (χ3v) is 2.48. The highest BCUT2D eigenvalue weighted by Gasteiger charge is 2.08. The molecule has 3 nitrogen and oxygen atoms in total. The summed E-state index contributed by atoms with van der Waals surface area (Å²) in [5.41, 5.74) is 0.959. The number of aromatic nitrogens is 1. The van der Waals surface area contributed by atoms with Gasteiger partial charge in [0, 0.05) is 18.6 Å². The molecule has 0 unspecified atom stereocenters. The molecule has 2 aromatic rings. The Kier molecular flexibility index (Phi) is 2.87. The van der Waals surface area contributed by atoms with Gasteiger partial charge in [-0.05, 0) is 11.8 Å². The summed E-state index contributed by atoms with van der Waals surface area (Å²) in [6.45, 7) is 1.50. The molecular formula is C11H9NO2S. The number of benzene rings is 1. The molecule has 0 saturated heterocycles. The van der Waals surface area contributed by atoms with Gasteiger partial charge in [-0.15, -0.1) is 0 Å². The fourth-order valence-electron chi connectivity index (χ4n) is 1.19. The molecule has 0 aliphatic heterocycles. The Morgan fingerprint density at radius 1 is 1.33 bits per heavy atom. The summed E-state index contributed by atoms with van der Waals surface area (Å²) in [4.78, 5) is 10.8. The highest BCUT2D eigenvalue weighted by atomic mass is 32.2. The van der Waals surface area contributed by atoms with E-state index in [1.165, 1.54) is 6.92 Å². The molecule has 0 aliphatic rings. The number of rotatable bonds is 2. The Labute approximate surface area is 91.5 Å². The monoisotopic (exact) mass is 219 g/mol. The van der Waals surface area contributed by atoms with E-state index < -0.39 is 0 Å². The number of carbonyl (C=O) groups is 1. The van der Waals surface area contributed by atoms with E-state index in [9.17, 15) is 4.79 Å². The van der Waals surface area contributed by atoms with Crippen LogP contribution in [0.1, 0.15) is 6.92 Å². The first-order valence-corrected chi connectivity index (χ1v) is 5.28. The van der Waals surface area contributed by atoms with Crippen LogP contribution in [0.3, 0.4) is 0 Å². The van der Waals surface area contributed by atoms with Gasteiger partial charge >= 0.3 is 0 Å². The van der Waals surface area contributed by atoms with Crippen molar-refractivity contribution in [1.29, 1.82) is 0 Å². The molecular weight excluding hydrogens is 210 g/mol. The maximum absolute atomic E-state index is 10.8. The molecule has 76 valence electrons. The van der Waals surface area contributed by atoms with Crippen molar-refractivity contribution in [3.05, 3.63) is 36.4 Å². The van der Waals surface area contributed by atoms with Gasteiger partial charge in [0.2, 0.25) is 0 Å². The first kappa shape index (κ1) is 9.98. The zero-order valence-corrected chi connectivity index (χ0v) is 8.95. The van der Waals surface area contributed by atoms with Crippen LogP contribution < -0.4 is 0 Å². The summed E-state index contributed by atoms with van der Waals surface area (Å²) in [6.07, 6.45) is 0. The Hall–Kier alpha value is -1.55. The minimum atomic E-state index is 0.00270. The fraction of sp³-hybridized carbons (Fsp3) is 0.0909. The lowest BCUT2D eigenvalue weighted by atomic mass is 10.2. The highest BCUT2D eigenvalue weighted by Crippen LogP contribution is 2.25. The largest absolute Gasteiger partial charge is 0.355 e. The molecule has 0 saturated carbocycles. The van der Waals surface area contributed by atoms with Crippen LogP contribution in [0, 0.1) is 0 Å². The van der Waals surface area contributed by atoms with Crippen LogP contribution in [-0.2, 0) is 4.79 Å². The average molecular weight is 219 g/mol. The lowest BCUT2D eigenvalue weighted by molar-refractivity contribution is -0.109. The molecule has 0 radical (unpaired) electrons. The van der Waals surface area contributed by atoms with Crippen LogP contribution >= 0.6 is 11.8 Å². The van der Waals surface area contributed by atoms with E-state index in [4.69, 9.17) is 4.52 Å². The summed E-state index contributed by atoms with van der Waals surface area (Å²) >= 11 is 1.07. The van der Waals surface area contributed by atoms with E-state index in [2.05, 4.69) is 5.16 Å². The molecule has 0 amide bonds. The topological polar surface area (TPSA) is 43.1 Å². The van der Waals surface area contributed by atoms with Crippen LogP contribution in [0.15, 0.2) is 45.9 Å². The van der Waals surface area contributed by atoms with Gasteiger partial charge in [0.1, 0.15) is 5.03 Å². The minimum Gasteiger partial charge on any atom is -0.355 e. The Balaban J connectivity index is 2.24. The normalized spacial score (nSPS) is 10.2. The molecule has 0 atom stereocenters. The number of nitrogens with zero attached hydrogens (tertiary/aromatic N) is 1. The van der Waals surface area contributed by atoms with Gasteiger partial charge in [0.05, 0.1) is 0 Å². The molecule has 4 heteroatoms. The molecule has 0 spiro atoms. The van der Waals surface area contributed by atoms with Gasteiger partial charge in [0.25, 0.3) is 0 Å². The third-order valence-electron chi connectivity index (χ3n) is 1.80. The molecule has 1 aromatic heterocycles. The Morgan fingerprint density at radius 2 is 2.07 bits per heavy atom. The van der Waals surface area contributed by atoms with E-state index in [-0.39, 0.29) is 5.12 Å². The van der Waals surface area contributed by atoms with E-state index in [1.54, 1.807) is 6.07 Å². The second-order valence-electron chi connectivity index (χ2n) is 2.99. The van der Waals surface area contributed by atoms with Gasteiger partial charge in [-0.3, -0.25) is 4.79 Å². The second kappa shape index (κ2) is 4.31. The van der Waals surface area contributed by atoms with Crippen molar-refractivity contribution in [1.82, 2.24) is 5.16 Å². The van der Waals surface area contributed by atoms with Crippen LogP contribution in [0.25, 0.3) is 11.3 Å². The van der Waals surface area contributed by atoms with Crippen molar-refractivity contribution in [3.63, 3.8) is 0 Å². The molecule has 0 aliphatic carbocycles. The molecule has 1 heterocycles. The van der Waals surface area contributed by atoms with Gasteiger partial charge in [-0.2, -0.15) is 0 Å². The summed E-state index contributed by atoms with van der Waals surface area (Å²) in [5.74, 6) is 0.680. The lowest BCUT2D eigenvalue weighted by Crippen LogP contribution is -1.79. The lowest BCUT2D eigenvalue weighted by Gasteiger charge is -1.91. The molecule has 1 aromatic carbocycles. The van der Waals surface area contributed by atoms with Crippen molar-refractivity contribution in [3.8, 4) is 11.3 Å². The van der Waals surface area contributed by atoms with E-state index >= 15 is 0 Å². The number of hydrogen-bond donors (Lipinski definition) is 0. The quantitative estimate of drug-likeness (QED) is 0.728. The van der Waals surface area contributed by atoms with Crippen LogP contribution in [0.4, 0.5) is 0 Å². The zero-order chi connectivity index (χ0) is 10.7. The van der Waals surface area contributed by atoms with Gasteiger partial charge < -0.3 is 4.52 Å². The highest BCUT2D eigenvalue weighted by molar-refractivity contribution is 8.13. The summed E-state index contributed by atoms with van der Waals surface area (Å²) < 4.78 is 5.13. The smallest absolute Gasteiger partial charge is 0.192 e. The minimum absolute atomic E-state index is 0.00270. The fourth-order valence-corrected chi connectivity index (χ4v) is 1.73. The van der Waals surface area contributed by atoms with Crippen molar-refractivity contribution >= 4 is 16.9 Å². The Bertz CT molecular complexity index is 464. The van der Waals surface area contributed by atoms with Gasteiger partial charge in [-0.1, -0.05) is 35.5 Å². The summed E-state index contributed by atoms with van der Waals surface area (Å²) in [5, 5.41) is 4.40. The van der Waals surface area contributed by atoms with Gasteiger partial charge in [0.15, 0.2) is 10.9 Å². The van der Waals surface area contributed by atoms with Crippen molar-refractivity contribution < 1.29 is 9.32 Å². The van der Waals surface area contributed by atoms with Crippen LogP contribution in [0.2, 0.25) is 0 Å². The van der Waals surface area contributed by atoms with Crippen molar-refractivity contribution in [2.45, 2.75) is 11.9 Å². The maximum atomic E-state index is 10.8. The van der Waals surface area contributed by atoms with Gasteiger partial charge in [-0.25, -0.2) is 0 Å². The number of carbonyl (C=O) groups excluding carboxylic acids is 1. The second-order valence-corrected chi connectivity index (χ2v) is 4.19. The predicted molar refractivity (Wildman–Crippen MR) is 58.5 cm³/mol. The first-order valence-electron chi connectivity index (χ1n) is 4.46. The van der Waals surface area contributed by atoms with Crippen molar-refractivity contribution in [2.75, 3.05) is 0 Å². The number of thioether (sulfide) groups is 1. The third kappa shape index (κ3) is 2.47. The zero-order valence-electron chi connectivity index (χ0n) is 8.14. The average Bonchev–Trinajstić information content (AvgIpc) is 2.67. The first-order chi connectivity index (χ1) is 7.25. The molecule has 15 heavy (non-hydrogen) atoms. The predicted octanol–water partition coefficient (Wildman–Crippen LogP) is 2.98. The van der Waals surface area contributed by atoms with E-state index in [0.717, 1.165) is 17.3 Å². The molecule has 0 N–H and O–H groups in total. The molecule has 0 bridgehead atoms. The summed E-state index contributed by atoms with van der Waals surface area (Å²) in [7, 11) is 0.